The summed E-state index contributed by atoms with van der Waals surface area (Å²) in [6, 6.07) is 0. The first-order chi connectivity index (χ1) is 5.22. The number of hydrogen-bond acceptors (Lipinski definition) is 0. The SMILES string of the molecule is C[S+]1C2C(Cl)C3CC2C1C3Cl. The van der Waals surface area contributed by atoms with Gasteiger partial charge in [-0.1, -0.05) is 0 Å². The average molecular weight is 210 g/mol. The summed E-state index contributed by atoms with van der Waals surface area (Å²) in [6.07, 6.45) is 3.67. The molecule has 0 spiro atoms. The Labute approximate surface area is 80.0 Å². The Balaban J connectivity index is 1.99. The standard InChI is InChI=1S/C8H11Cl2S/c1-11-7-4-2-3(5(7)9)6(10)8(4)11/h3-8H,2H2,1H3/q+1. The van der Waals surface area contributed by atoms with E-state index in [-0.39, 0.29) is 0 Å². The molecule has 3 heteroatoms. The summed E-state index contributed by atoms with van der Waals surface area (Å²) >= 11 is 12.6. The van der Waals surface area contributed by atoms with Crippen LogP contribution in [0.4, 0.5) is 0 Å². The summed E-state index contributed by atoms with van der Waals surface area (Å²) in [5.41, 5.74) is 0. The van der Waals surface area contributed by atoms with Crippen LogP contribution in [0.25, 0.3) is 0 Å². The topological polar surface area (TPSA) is 0 Å². The highest BCUT2D eigenvalue weighted by Crippen LogP contribution is 2.62. The summed E-state index contributed by atoms with van der Waals surface area (Å²) in [5.74, 6) is 1.57. The quantitative estimate of drug-likeness (QED) is 0.423. The van der Waals surface area contributed by atoms with Crippen molar-refractivity contribution in [1.29, 1.82) is 0 Å². The maximum absolute atomic E-state index is 6.31. The zero-order valence-electron chi connectivity index (χ0n) is 6.34. The number of alkyl halides is 2. The van der Waals surface area contributed by atoms with Gasteiger partial charge in [-0.25, -0.2) is 0 Å². The predicted molar refractivity (Wildman–Crippen MR) is 51.7 cm³/mol. The van der Waals surface area contributed by atoms with E-state index < -0.39 is 0 Å². The normalized spacial score (nSPS) is 71.7. The zero-order valence-corrected chi connectivity index (χ0v) is 8.66. The third-order valence-corrected chi connectivity index (χ3v) is 8.18. The summed E-state index contributed by atoms with van der Waals surface area (Å²) in [4.78, 5) is 0. The van der Waals surface area contributed by atoms with Crippen molar-refractivity contribution in [2.45, 2.75) is 27.7 Å². The minimum atomic E-state index is 0.417. The molecule has 3 aliphatic rings. The van der Waals surface area contributed by atoms with Crippen molar-refractivity contribution in [3.05, 3.63) is 0 Å². The Hall–Kier alpha value is 0.930. The fourth-order valence-electron chi connectivity index (χ4n) is 3.22. The number of halogens is 2. The number of hydrogen-bond donors (Lipinski definition) is 0. The van der Waals surface area contributed by atoms with E-state index in [4.69, 9.17) is 23.2 Å². The van der Waals surface area contributed by atoms with Gasteiger partial charge in [0.15, 0.2) is 0 Å². The third kappa shape index (κ3) is 0.639. The summed E-state index contributed by atoms with van der Waals surface area (Å²) in [7, 11) is 0.550. The largest absolute Gasteiger partial charge is 0.142 e. The second kappa shape index (κ2) is 2.05. The summed E-state index contributed by atoms with van der Waals surface area (Å²) < 4.78 is 0. The van der Waals surface area contributed by atoms with Crippen molar-refractivity contribution in [3.8, 4) is 0 Å². The van der Waals surface area contributed by atoms with Crippen LogP contribution < -0.4 is 0 Å². The van der Waals surface area contributed by atoms with E-state index >= 15 is 0 Å². The second-order valence-electron chi connectivity index (χ2n) is 3.99. The molecule has 1 heterocycles. The predicted octanol–water partition coefficient (Wildman–Crippen LogP) is 1.85. The molecule has 0 radical (unpaired) electrons. The van der Waals surface area contributed by atoms with Gasteiger partial charge in [0.05, 0.1) is 22.9 Å². The lowest BCUT2D eigenvalue weighted by molar-refractivity contribution is 0.465. The van der Waals surface area contributed by atoms with E-state index in [0.29, 0.717) is 27.6 Å². The highest BCUT2D eigenvalue weighted by Gasteiger charge is 2.75. The van der Waals surface area contributed by atoms with Gasteiger partial charge < -0.3 is 0 Å². The molecule has 0 aromatic rings. The lowest BCUT2D eigenvalue weighted by Gasteiger charge is -2.44. The monoisotopic (exact) mass is 209 g/mol. The molecule has 4 unspecified atom stereocenters. The van der Waals surface area contributed by atoms with Crippen LogP contribution in [0.15, 0.2) is 0 Å². The molecule has 62 valence electrons. The maximum atomic E-state index is 6.31. The zero-order chi connectivity index (χ0) is 7.75. The molecular weight excluding hydrogens is 199 g/mol. The summed E-state index contributed by atoms with van der Waals surface area (Å²) in [5, 5.41) is 2.53. The van der Waals surface area contributed by atoms with Crippen LogP contribution in [-0.4, -0.2) is 27.5 Å². The molecule has 0 aromatic carbocycles. The van der Waals surface area contributed by atoms with Crippen molar-refractivity contribution in [3.63, 3.8) is 0 Å². The van der Waals surface area contributed by atoms with Crippen molar-refractivity contribution in [1.82, 2.24) is 0 Å². The van der Waals surface area contributed by atoms with Crippen molar-refractivity contribution >= 4 is 34.1 Å². The molecule has 0 N–H and O–H groups in total. The van der Waals surface area contributed by atoms with Crippen molar-refractivity contribution < 1.29 is 0 Å². The van der Waals surface area contributed by atoms with Crippen molar-refractivity contribution in [2.75, 3.05) is 6.26 Å². The molecule has 0 amide bonds. The number of rotatable bonds is 0. The molecule has 2 aliphatic carbocycles. The van der Waals surface area contributed by atoms with Gasteiger partial charge >= 0.3 is 0 Å². The average Bonchev–Trinajstić information content (AvgIpc) is 2.35. The molecule has 1 aliphatic heterocycles. The first kappa shape index (κ1) is 7.34. The van der Waals surface area contributed by atoms with Crippen LogP contribution in [0.3, 0.4) is 0 Å². The Morgan fingerprint density at radius 1 is 1.09 bits per heavy atom. The minimum Gasteiger partial charge on any atom is -0.117 e. The molecule has 0 aromatic heterocycles. The van der Waals surface area contributed by atoms with Gasteiger partial charge in [-0.15, -0.1) is 23.2 Å². The maximum Gasteiger partial charge on any atom is 0.142 e. The first-order valence-corrected chi connectivity index (χ1v) is 6.76. The van der Waals surface area contributed by atoms with Gasteiger partial charge in [-0.3, -0.25) is 0 Å². The van der Waals surface area contributed by atoms with E-state index in [1.807, 2.05) is 0 Å². The van der Waals surface area contributed by atoms with E-state index in [2.05, 4.69) is 6.26 Å². The fourth-order valence-corrected chi connectivity index (χ4v) is 8.14. The van der Waals surface area contributed by atoms with E-state index in [1.54, 1.807) is 0 Å². The van der Waals surface area contributed by atoms with Crippen LogP contribution in [0.1, 0.15) is 6.42 Å². The number of fused-ring (bicyclic) bond motifs is 1. The molecule has 1 saturated heterocycles. The smallest absolute Gasteiger partial charge is 0.117 e. The van der Waals surface area contributed by atoms with Gasteiger partial charge in [-0.05, 0) is 17.3 Å². The Morgan fingerprint density at radius 2 is 1.64 bits per heavy atom. The van der Waals surface area contributed by atoms with E-state index in [1.165, 1.54) is 6.42 Å². The van der Waals surface area contributed by atoms with E-state index in [9.17, 15) is 0 Å². The van der Waals surface area contributed by atoms with Crippen LogP contribution in [0.2, 0.25) is 0 Å². The molecule has 2 bridgehead atoms. The van der Waals surface area contributed by atoms with Crippen molar-refractivity contribution in [2.24, 2.45) is 11.8 Å². The highest BCUT2D eigenvalue weighted by molar-refractivity contribution is 7.99. The molecule has 3 rings (SSSR count). The molecule has 3 fully saturated rings. The van der Waals surface area contributed by atoms with Gasteiger partial charge in [0.25, 0.3) is 0 Å². The first-order valence-electron chi connectivity index (χ1n) is 4.13. The lowest BCUT2D eigenvalue weighted by atomic mass is 9.97. The van der Waals surface area contributed by atoms with Crippen LogP contribution in [-0.2, 0) is 10.9 Å². The Bertz CT molecular complexity index is 177. The third-order valence-electron chi connectivity index (χ3n) is 3.69. The molecule has 2 saturated carbocycles. The van der Waals surface area contributed by atoms with Crippen LogP contribution in [0.5, 0.6) is 0 Å². The van der Waals surface area contributed by atoms with E-state index in [0.717, 1.165) is 16.4 Å². The van der Waals surface area contributed by atoms with Gasteiger partial charge in [0.2, 0.25) is 0 Å². The van der Waals surface area contributed by atoms with Crippen LogP contribution >= 0.6 is 23.2 Å². The Morgan fingerprint density at radius 3 is 2.00 bits per heavy atom. The fraction of sp³-hybridized carbons (Fsp3) is 1.00. The lowest BCUT2D eigenvalue weighted by Crippen LogP contribution is -2.62. The molecular formula is C8H11Cl2S+. The van der Waals surface area contributed by atoms with Gasteiger partial charge in [0, 0.05) is 5.92 Å². The molecule has 11 heavy (non-hydrogen) atoms. The minimum absolute atomic E-state index is 0.417. The van der Waals surface area contributed by atoms with Gasteiger partial charge in [0.1, 0.15) is 10.5 Å². The summed E-state index contributed by atoms with van der Waals surface area (Å²) in [6.45, 7) is 0. The molecule has 0 nitrogen and oxygen atoms in total. The molecule has 4 atom stereocenters. The van der Waals surface area contributed by atoms with Crippen LogP contribution in [0, 0.1) is 11.8 Å². The highest BCUT2D eigenvalue weighted by atomic mass is 35.5. The Kier molecular flexibility index (Phi) is 1.37. The van der Waals surface area contributed by atoms with Gasteiger partial charge in [-0.2, -0.15) is 0 Å². The second-order valence-corrected chi connectivity index (χ2v) is 7.30.